The first-order valence-electron chi connectivity index (χ1n) is 4.97. The van der Waals surface area contributed by atoms with Gasteiger partial charge >= 0.3 is 0 Å². The van der Waals surface area contributed by atoms with Crippen LogP contribution in [-0.2, 0) is 13.1 Å². The van der Waals surface area contributed by atoms with E-state index < -0.39 is 0 Å². The van der Waals surface area contributed by atoms with Gasteiger partial charge in [-0.2, -0.15) is 0 Å². The summed E-state index contributed by atoms with van der Waals surface area (Å²) in [5.41, 5.74) is 2.91. The van der Waals surface area contributed by atoms with Crippen molar-refractivity contribution in [3.05, 3.63) is 35.4 Å². The lowest BCUT2D eigenvalue weighted by molar-refractivity contribution is 0.765. The van der Waals surface area contributed by atoms with Crippen LogP contribution in [0.4, 0.5) is 0 Å². The van der Waals surface area contributed by atoms with Crippen LogP contribution in [0, 0.1) is 0 Å². The first kappa shape index (κ1) is 11.4. The smallest absolute Gasteiger partial charge is 0.0958 e. The summed E-state index contributed by atoms with van der Waals surface area (Å²) in [6.07, 6.45) is 0.917. The normalized spacial score (nSPS) is 12.4. The molecule has 1 aromatic rings. The Morgan fingerprint density at radius 1 is 1.29 bits per heavy atom. The average Bonchev–Trinajstić information content (AvgIpc) is 2.67. The van der Waals surface area contributed by atoms with Crippen LogP contribution in [-0.4, -0.2) is 22.2 Å². The third kappa shape index (κ3) is 3.63. The second-order valence-corrected chi connectivity index (χ2v) is 3.25. The van der Waals surface area contributed by atoms with E-state index in [1.54, 1.807) is 7.17 Å². The summed E-state index contributed by atoms with van der Waals surface area (Å²) in [6, 6.07) is 8.53. The maximum atomic E-state index is 4.98. The monoisotopic (exact) mass is 181 g/mol. The minimum Gasteiger partial charge on any atom is -0.309 e. The highest BCUT2D eigenvalue weighted by Crippen LogP contribution is 2.12. The Kier molecular flexibility index (Phi) is 5.54. The minimum atomic E-state index is 0.917. The zero-order valence-electron chi connectivity index (χ0n) is 8.66. The highest BCUT2D eigenvalue weighted by Gasteiger charge is 2.06. The van der Waals surface area contributed by atoms with E-state index in [9.17, 15) is 0 Å². The molecule has 0 saturated carbocycles. The Bertz CT molecular complexity index is 240. The van der Waals surface area contributed by atoms with Gasteiger partial charge in [-0.25, -0.2) is 0 Å². The van der Waals surface area contributed by atoms with Gasteiger partial charge in [-0.15, -0.1) is 6.22 Å². The average molecular weight is 181 g/mol. The molecule has 1 nitrogen and oxygen atoms in total. The predicted octanol–water partition coefficient (Wildman–Crippen LogP) is 1.19. The van der Waals surface area contributed by atoms with E-state index in [0.717, 1.165) is 19.3 Å². The molecule has 68 valence electrons. The van der Waals surface area contributed by atoms with E-state index in [-0.39, 0.29) is 0 Å². The fourth-order valence-electron chi connectivity index (χ4n) is 1.37. The number of hydrogen-bond donors (Lipinski definition) is 1. The van der Waals surface area contributed by atoms with Gasteiger partial charge in [0.15, 0.2) is 0 Å². The molecular formula is C10H14B3N. The third-order valence-corrected chi connectivity index (χ3v) is 2.12. The zero-order valence-corrected chi connectivity index (χ0v) is 8.66. The number of rotatable bonds is 2. The van der Waals surface area contributed by atoms with E-state index >= 15 is 0 Å². The number of nitrogens with one attached hydrogen (secondary N) is 1. The van der Waals surface area contributed by atoms with Crippen LogP contribution in [0.1, 0.15) is 11.1 Å². The first-order valence-corrected chi connectivity index (χ1v) is 4.97. The lowest BCUT2D eigenvalue weighted by atomic mass is 9.44. The summed E-state index contributed by atoms with van der Waals surface area (Å²) in [6.45, 7) is 4.08. The van der Waals surface area contributed by atoms with Crippen molar-refractivity contribution < 1.29 is 0 Å². The lowest BCUT2D eigenvalue weighted by Gasteiger charge is -1.91. The molecule has 0 spiro atoms. The molecule has 0 unspecified atom stereocenters. The van der Waals surface area contributed by atoms with Crippen molar-refractivity contribution in [1.29, 1.82) is 0 Å². The number of fused-ring (bicyclic) bond motifs is 1. The Morgan fingerprint density at radius 2 is 1.86 bits per heavy atom. The maximum Gasteiger partial charge on any atom is 0.0958 e. The van der Waals surface area contributed by atoms with E-state index in [1.807, 2.05) is 14.1 Å². The predicted molar refractivity (Wildman–Crippen MR) is 64.9 cm³/mol. The van der Waals surface area contributed by atoms with Gasteiger partial charge < -0.3 is 5.32 Å². The van der Waals surface area contributed by atoms with Crippen molar-refractivity contribution in [2.75, 3.05) is 0 Å². The van der Waals surface area contributed by atoms with Crippen LogP contribution in [0.3, 0.4) is 0 Å². The fraction of sp³-hybridized carbons (Fsp3) is 0.400. The second kappa shape index (κ2) is 6.77. The molecule has 0 saturated heterocycles. The van der Waals surface area contributed by atoms with Gasteiger partial charge in [0, 0.05) is 28.0 Å². The van der Waals surface area contributed by atoms with Gasteiger partial charge in [0.2, 0.25) is 0 Å². The van der Waals surface area contributed by atoms with Gasteiger partial charge in [0.05, 0.1) is 7.28 Å². The largest absolute Gasteiger partial charge is 0.309 e. The SMILES string of the molecule is [B][B]C[B]C.c1ccc2c(c1)CNC2. The second-order valence-electron chi connectivity index (χ2n) is 3.25. The quantitative estimate of drug-likeness (QED) is 0.675. The molecule has 4 heteroatoms. The maximum absolute atomic E-state index is 4.98. The number of benzene rings is 1. The highest BCUT2D eigenvalue weighted by atomic mass is 14.9. The molecule has 1 aromatic carbocycles. The van der Waals surface area contributed by atoms with Gasteiger partial charge in [-0.3, -0.25) is 0 Å². The molecule has 1 aliphatic heterocycles. The van der Waals surface area contributed by atoms with Crippen LogP contribution in [0.5, 0.6) is 0 Å². The first-order chi connectivity index (χ1) is 6.88. The van der Waals surface area contributed by atoms with E-state index in [1.165, 1.54) is 11.1 Å². The van der Waals surface area contributed by atoms with Crippen LogP contribution in [0.25, 0.3) is 0 Å². The van der Waals surface area contributed by atoms with Crippen molar-refractivity contribution in [2.24, 2.45) is 0 Å². The minimum absolute atomic E-state index is 0.917. The zero-order chi connectivity index (χ0) is 10.2. The number of hydrogen-bond acceptors (Lipinski definition) is 1. The molecule has 2 rings (SSSR count). The van der Waals surface area contributed by atoms with E-state index in [4.69, 9.17) is 7.74 Å². The van der Waals surface area contributed by atoms with E-state index in [2.05, 4.69) is 29.6 Å². The fourth-order valence-corrected chi connectivity index (χ4v) is 1.37. The molecule has 0 aliphatic carbocycles. The van der Waals surface area contributed by atoms with Crippen molar-refractivity contribution in [3.8, 4) is 0 Å². The van der Waals surface area contributed by atoms with Crippen LogP contribution >= 0.6 is 0 Å². The Hall–Kier alpha value is -0.625. The molecule has 14 heavy (non-hydrogen) atoms. The Labute approximate surface area is 89.6 Å². The van der Waals surface area contributed by atoms with Gasteiger partial charge in [-0.05, 0) is 11.1 Å². The highest BCUT2D eigenvalue weighted by molar-refractivity contribution is 6.93. The summed E-state index contributed by atoms with van der Waals surface area (Å²) in [5, 5.41) is 3.29. The Balaban J connectivity index is 0.000000171. The molecule has 4 radical (unpaired) electrons. The van der Waals surface area contributed by atoms with Gasteiger partial charge in [0.1, 0.15) is 0 Å². The van der Waals surface area contributed by atoms with Crippen LogP contribution in [0.15, 0.2) is 24.3 Å². The van der Waals surface area contributed by atoms with Gasteiger partial charge in [0.25, 0.3) is 0 Å². The van der Waals surface area contributed by atoms with Crippen molar-refractivity contribution in [1.82, 2.24) is 5.32 Å². The van der Waals surface area contributed by atoms with Crippen molar-refractivity contribution >= 4 is 22.2 Å². The third-order valence-electron chi connectivity index (χ3n) is 2.12. The van der Waals surface area contributed by atoms with E-state index in [0.29, 0.717) is 0 Å². The summed E-state index contributed by atoms with van der Waals surface area (Å²) in [5.74, 6) is 0. The molecule has 0 bridgehead atoms. The molecule has 0 aromatic heterocycles. The van der Waals surface area contributed by atoms with Crippen molar-refractivity contribution in [2.45, 2.75) is 26.1 Å². The summed E-state index contributed by atoms with van der Waals surface area (Å²) in [4.78, 5) is 0. The molecule has 0 amide bonds. The van der Waals surface area contributed by atoms with Crippen molar-refractivity contribution in [3.63, 3.8) is 0 Å². The molecular weight excluding hydrogens is 167 g/mol. The van der Waals surface area contributed by atoms with Crippen LogP contribution < -0.4 is 5.32 Å². The standard InChI is InChI=1S/C8H9N.C2H5B3/c1-2-4-8-6-9-5-7(8)3-1;1-4-2-5-3/h1-4,9H,5-6H2;2H2,1H3. The molecule has 1 heterocycles. The molecule has 0 fully saturated rings. The molecule has 1 aliphatic rings. The Morgan fingerprint density at radius 3 is 2.21 bits per heavy atom. The summed E-state index contributed by atoms with van der Waals surface area (Å²) in [7, 11) is 8.61. The lowest BCUT2D eigenvalue weighted by Crippen LogP contribution is -1.99. The summed E-state index contributed by atoms with van der Waals surface area (Å²) < 4.78 is 0. The molecule has 0 atom stereocenters. The summed E-state index contributed by atoms with van der Waals surface area (Å²) >= 11 is 0. The van der Waals surface area contributed by atoms with Crippen LogP contribution in [0.2, 0.25) is 13.0 Å². The van der Waals surface area contributed by atoms with Gasteiger partial charge in [-0.1, -0.05) is 31.1 Å². The topological polar surface area (TPSA) is 12.0 Å². The molecule has 1 N–H and O–H groups in total.